The summed E-state index contributed by atoms with van der Waals surface area (Å²) in [6, 6.07) is 13.5. The topological polar surface area (TPSA) is 62.2 Å². The second kappa shape index (κ2) is 8.65. The van der Waals surface area contributed by atoms with Crippen LogP contribution in [0.3, 0.4) is 0 Å². The Morgan fingerprint density at radius 3 is 2.75 bits per heavy atom. The summed E-state index contributed by atoms with van der Waals surface area (Å²) in [6.07, 6.45) is 0.510. The molecule has 6 nitrogen and oxygen atoms in total. The third-order valence-electron chi connectivity index (χ3n) is 4.39. The fourth-order valence-electron chi connectivity index (χ4n) is 2.85. The van der Waals surface area contributed by atoms with Gasteiger partial charge in [-0.2, -0.15) is 5.10 Å². The van der Waals surface area contributed by atoms with Gasteiger partial charge < -0.3 is 9.64 Å². The summed E-state index contributed by atoms with van der Waals surface area (Å²) in [5, 5.41) is 5.57. The van der Waals surface area contributed by atoms with E-state index in [1.54, 1.807) is 25.2 Å². The highest BCUT2D eigenvalue weighted by molar-refractivity contribution is 6.40. The number of likely N-dealkylation sites (N-methyl/N-ethyl adjacent to an activating group) is 1. The number of anilines is 1. The minimum atomic E-state index is -0.444. The second-order valence-corrected chi connectivity index (χ2v) is 6.60. The number of hydrazone groups is 1. The average molecular weight is 383 g/mol. The van der Waals surface area contributed by atoms with E-state index in [1.165, 1.54) is 22.0 Å². The molecule has 1 heterocycles. The molecule has 0 saturated carbocycles. The first-order valence-electron chi connectivity index (χ1n) is 9.05. The van der Waals surface area contributed by atoms with Crippen LogP contribution in [0.25, 0.3) is 0 Å². The van der Waals surface area contributed by atoms with Crippen molar-refractivity contribution in [1.82, 2.24) is 4.90 Å². The molecule has 2 amide bonds. The molecule has 0 spiro atoms. The van der Waals surface area contributed by atoms with Crippen LogP contribution in [0.2, 0.25) is 0 Å². The quantitative estimate of drug-likeness (QED) is 0.770. The second-order valence-electron chi connectivity index (χ2n) is 6.60. The number of amides is 2. The van der Waals surface area contributed by atoms with E-state index in [1.807, 2.05) is 25.1 Å². The van der Waals surface area contributed by atoms with Gasteiger partial charge in [-0.25, -0.2) is 9.40 Å². The Hall–Kier alpha value is -3.22. The van der Waals surface area contributed by atoms with E-state index >= 15 is 0 Å². The van der Waals surface area contributed by atoms with Crippen LogP contribution >= 0.6 is 0 Å². The molecule has 3 rings (SSSR count). The van der Waals surface area contributed by atoms with Gasteiger partial charge in [0.05, 0.1) is 12.2 Å². The molecule has 1 aliphatic heterocycles. The van der Waals surface area contributed by atoms with Crippen LogP contribution in [0.1, 0.15) is 18.4 Å². The van der Waals surface area contributed by atoms with E-state index in [0.717, 1.165) is 5.56 Å². The molecule has 146 valence electrons. The van der Waals surface area contributed by atoms with Crippen molar-refractivity contribution in [1.29, 1.82) is 0 Å². The zero-order valence-electron chi connectivity index (χ0n) is 15.9. The normalized spacial score (nSPS) is 13.9. The lowest BCUT2D eigenvalue weighted by Crippen LogP contribution is -2.41. The van der Waals surface area contributed by atoms with Crippen LogP contribution in [0.4, 0.5) is 10.1 Å². The highest BCUT2D eigenvalue weighted by atomic mass is 19.1. The highest BCUT2D eigenvalue weighted by Gasteiger charge is 2.27. The first-order chi connectivity index (χ1) is 13.5. The van der Waals surface area contributed by atoms with Crippen molar-refractivity contribution in [3.8, 4) is 5.75 Å². The highest BCUT2D eigenvalue weighted by Crippen LogP contribution is 2.21. The lowest BCUT2D eigenvalue weighted by molar-refractivity contribution is -0.123. The van der Waals surface area contributed by atoms with Crippen molar-refractivity contribution in [2.75, 3.05) is 25.2 Å². The zero-order chi connectivity index (χ0) is 20.1. The van der Waals surface area contributed by atoms with Crippen molar-refractivity contribution in [3.63, 3.8) is 0 Å². The van der Waals surface area contributed by atoms with Crippen molar-refractivity contribution < 1.29 is 18.7 Å². The number of carbonyl (C=O) groups excluding carboxylic acids is 2. The van der Waals surface area contributed by atoms with Gasteiger partial charge in [0.2, 0.25) is 5.91 Å². The summed E-state index contributed by atoms with van der Waals surface area (Å²) in [4.78, 5) is 26.4. The number of hydrogen-bond donors (Lipinski definition) is 0. The molecular weight excluding hydrogens is 361 g/mol. The van der Waals surface area contributed by atoms with E-state index < -0.39 is 5.82 Å². The summed E-state index contributed by atoms with van der Waals surface area (Å²) < 4.78 is 19.0. The Kier molecular flexibility index (Phi) is 6.03. The molecule has 0 atom stereocenters. The predicted octanol–water partition coefficient (Wildman–Crippen LogP) is 3.15. The van der Waals surface area contributed by atoms with Gasteiger partial charge >= 0.3 is 0 Å². The van der Waals surface area contributed by atoms with E-state index in [-0.39, 0.29) is 37.1 Å². The SMILES string of the molecule is Cc1cccc(N2N=C(C(=O)N(C)CCOc3ccccc3F)CCC2=O)c1. The van der Waals surface area contributed by atoms with Gasteiger partial charge in [-0.3, -0.25) is 9.59 Å². The third kappa shape index (κ3) is 4.54. The number of carbonyl (C=O) groups is 2. The Labute approximate surface area is 163 Å². The van der Waals surface area contributed by atoms with Crippen molar-refractivity contribution in [2.45, 2.75) is 19.8 Å². The Bertz CT molecular complexity index is 913. The van der Waals surface area contributed by atoms with Gasteiger partial charge in [0.15, 0.2) is 11.6 Å². The maximum Gasteiger partial charge on any atom is 0.269 e. The molecule has 2 aromatic carbocycles. The lowest BCUT2D eigenvalue weighted by Gasteiger charge is -2.25. The van der Waals surface area contributed by atoms with Gasteiger partial charge in [0, 0.05) is 19.9 Å². The molecule has 0 radical (unpaired) electrons. The molecule has 0 aliphatic carbocycles. The van der Waals surface area contributed by atoms with Crippen LogP contribution in [0, 0.1) is 12.7 Å². The fourth-order valence-corrected chi connectivity index (χ4v) is 2.85. The number of hydrogen-bond acceptors (Lipinski definition) is 4. The molecule has 7 heteroatoms. The van der Waals surface area contributed by atoms with Gasteiger partial charge in [0.1, 0.15) is 12.3 Å². The van der Waals surface area contributed by atoms with E-state index in [0.29, 0.717) is 17.8 Å². The summed E-state index contributed by atoms with van der Waals surface area (Å²) in [6.45, 7) is 2.35. The monoisotopic (exact) mass is 383 g/mol. The Morgan fingerprint density at radius 1 is 1.21 bits per heavy atom. The van der Waals surface area contributed by atoms with Gasteiger partial charge in [0.25, 0.3) is 5.91 Å². The molecule has 0 unspecified atom stereocenters. The number of rotatable bonds is 6. The number of halogens is 1. The number of nitrogens with zero attached hydrogens (tertiary/aromatic N) is 3. The Morgan fingerprint density at radius 2 is 2.00 bits per heavy atom. The first-order valence-corrected chi connectivity index (χ1v) is 9.05. The molecule has 0 aromatic heterocycles. The average Bonchev–Trinajstić information content (AvgIpc) is 2.69. The summed E-state index contributed by atoms with van der Waals surface area (Å²) in [5.74, 6) is -0.718. The van der Waals surface area contributed by atoms with Crippen LogP contribution in [-0.4, -0.2) is 42.6 Å². The van der Waals surface area contributed by atoms with Crippen LogP contribution < -0.4 is 9.75 Å². The maximum atomic E-state index is 13.6. The number of para-hydroxylation sites is 1. The van der Waals surface area contributed by atoms with Crippen LogP contribution in [0.15, 0.2) is 53.6 Å². The minimum Gasteiger partial charge on any atom is -0.489 e. The maximum absolute atomic E-state index is 13.6. The van der Waals surface area contributed by atoms with E-state index in [4.69, 9.17) is 4.74 Å². The minimum absolute atomic E-state index is 0.146. The smallest absolute Gasteiger partial charge is 0.269 e. The number of ether oxygens (including phenoxy) is 1. The van der Waals surface area contributed by atoms with Crippen LogP contribution in [0.5, 0.6) is 5.75 Å². The largest absolute Gasteiger partial charge is 0.489 e. The molecule has 1 aliphatic rings. The van der Waals surface area contributed by atoms with E-state index in [2.05, 4.69) is 5.10 Å². The standard InChI is InChI=1S/C21H22FN3O3/c1-15-6-5-7-16(14-15)25-20(26)11-10-18(23-25)21(27)24(2)12-13-28-19-9-4-3-8-17(19)22/h3-9,14H,10-13H2,1-2H3. The summed E-state index contributed by atoms with van der Waals surface area (Å²) in [5.41, 5.74) is 1.95. The van der Waals surface area contributed by atoms with Crippen molar-refractivity contribution >= 4 is 23.2 Å². The number of benzene rings is 2. The molecule has 0 saturated heterocycles. The predicted molar refractivity (Wildman–Crippen MR) is 105 cm³/mol. The van der Waals surface area contributed by atoms with Gasteiger partial charge in [-0.15, -0.1) is 0 Å². The molecule has 0 bridgehead atoms. The molecule has 0 N–H and O–H groups in total. The Balaban J connectivity index is 1.64. The van der Waals surface area contributed by atoms with Crippen LogP contribution in [-0.2, 0) is 9.59 Å². The van der Waals surface area contributed by atoms with Crippen molar-refractivity contribution in [3.05, 3.63) is 59.9 Å². The van der Waals surface area contributed by atoms with Gasteiger partial charge in [-0.1, -0.05) is 24.3 Å². The zero-order valence-corrected chi connectivity index (χ0v) is 15.9. The first kappa shape index (κ1) is 19.5. The molecule has 2 aromatic rings. The van der Waals surface area contributed by atoms with Crippen molar-refractivity contribution in [2.24, 2.45) is 5.10 Å². The molecule has 0 fully saturated rings. The lowest BCUT2D eigenvalue weighted by atomic mass is 10.1. The third-order valence-corrected chi connectivity index (χ3v) is 4.39. The number of aryl methyl sites for hydroxylation is 1. The molecule has 28 heavy (non-hydrogen) atoms. The fraction of sp³-hybridized carbons (Fsp3) is 0.286. The summed E-state index contributed by atoms with van der Waals surface area (Å²) >= 11 is 0. The van der Waals surface area contributed by atoms with E-state index in [9.17, 15) is 14.0 Å². The molecular formula is C21H22FN3O3. The van der Waals surface area contributed by atoms with Gasteiger partial charge in [-0.05, 0) is 36.8 Å². The summed E-state index contributed by atoms with van der Waals surface area (Å²) in [7, 11) is 1.63.